The number of carboxylic acid groups (broad SMARTS) is 1. The number of hydrogen-bond donors (Lipinski definition) is 2. The molecule has 7 nitrogen and oxygen atoms in total. The third-order valence-corrected chi connectivity index (χ3v) is 3.50. The van der Waals surface area contributed by atoms with Crippen LogP contribution in [0.2, 0.25) is 0 Å². The molecule has 20 heavy (non-hydrogen) atoms. The Balaban J connectivity index is 2.74. The maximum Gasteiger partial charge on any atom is 0.343 e. The number of carboxylic acids is 1. The number of nitrogens with zero attached hydrogens (tertiary/aromatic N) is 1. The highest BCUT2D eigenvalue weighted by atomic mass is 32.2. The lowest BCUT2D eigenvalue weighted by atomic mass is 10.1. The van der Waals surface area contributed by atoms with E-state index in [-0.39, 0.29) is 12.1 Å². The van der Waals surface area contributed by atoms with E-state index in [4.69, 9.17) is 5.11 Å². The molecule has 2 N–H and O–H groups in total. The van der Waals surface area contributed by atoms with Gasteiger partial charge in [0.1, 0.15) is 5.56 Å². The van der Waals surface area contributed by atoms with E-state index in [1.54, 1.807) is 12.3 Å². The average molecular weight is 300 g/mol. The summed E-state index contributed by atoms with van der Waals surface area (Å²) in [5.74, 6) is -0.753. The van der Waals surface area contributed by atoms with Crippen molar-refractivity contribution in [1.82, 2.24) is 5.32 Å². The van der Waals surface area contributed by atoms with E-state index in [9.17, 15) is 19.1 Å². The zero-order valence-electron chi connectivity index (χ0n) is 11.0. The smallest absolute Gasteiger partial charge is 0.343 e. The van der Waals surface area contributed by atoms with E-state index in [2.05, 4.69) is 5.32 Å². The van der Waals surface area contributed by atoms with Crippen molar-refractivity contribution in [1.29, 1.82) is 0 Å². The molecule has 0 radical (unpaired) electrons. The van der Waals surface area contributed by atoms with Crippen LogP contribution in [0, 0.1) is 10.1 Å². The van der Waals surface area contributed by atoms with Crippen LogP contribution in [-0.2, 0) is 17.3 Å². The highest BCUT2D eigenvalue weighted by Crippen LogP contribution is 2.22. The second-order valence-electron chi connectivity index (χ2n) is 4.18. The molecule has 0 aliphatic rings. The average Bonchev–Trinajstić information content (AvgIpc) is 2.37. The summed E-state index contributed by atoms with van der Waals surface area (Å²) in [5.41, 5.74) is -0.333. The Morgan fingerprint density at radius 2 is 2.20 bits per heavy atom. The third kappa shape index (κ3) is 4.71. The van der Waals surface area contributed by atoms with Gasteiger partial charge in [0.2, 0.25) is 0 Å². The molecule has 0 saturated heterocycles. The molecule has 0 spiro atoms. The van der Waals surface area contributed by atoms with Gasteiger partial charge in [-0.2, -0.15) is 0 Å². The lowest BCUT2D eigenvalue weighted by Gasteiger charge is -2.08. The van der Waals surface area contributed by atoms with Crippen molar-refractivity contribution in [3.63, 3.8) is 0 Å². The Bertz CT molecular complexity index is 533. The predicted molar refractivity (Wildman–Crippen MR) is 75.3 cm³/mol. The molecule has 0 fully saturated rings. The fraction of sp³-hybridized carbons (Fsp3) is 0.417. The van der Waals surface area contributed by atoms with E-state index in [1.165, 1.54) is 12.1 Å². The lowest BCUT2D eigenvalue weighted by Crippen LogP contribution is -2.19. The normalized spacial score (nSPS) is 12.1. The molecule has 0 saturated carbocycles. The van der Waals surface area contributed by atoms with Crippen molar-refractivity contribution in [2.45, 2.75) is 13.0 Å². The zero-order chi connectivity index (χ0) is 15.1. The Kier molecular flexibility index (Phi) is 6.26. The van der Waals surface area contributed by atoms with Crippen LogP contribution >= 0.6 is 0 Å². The number of nitro groups is 1. The van der Waals surface area contributed by atoms with Crippen LogP contribution in [0.5, 0.6) is 0 Å². The van der Waals surface area contributed by atoms with Gasteiger partial charge in [-0.1, -0.05) is 12.1 Å². The van der Waals surface area contributed by atoms with Gasteiger partial charge < -0.3 is 10.4 Å². The highest BCUT2D eigenvalue weighted by Gasteiger charge is 2.22. The summed E-state index contributed by atoms with van der Waals surface area (Å²) in [6.07, 6.45) is 2.31. The fourth-order valence-electron chi connectivity index (χ4n) is 1.76. The molecule has 1 unspecified atom stereocenters. The topological polar surface area (TPSA) is 110 Å². The fourth-order valence-corrected chi connectivity index (χ4v) is 2.31. The molecular formula is C12H16N2O5S. The van der Waals surface area contributed by atoms with Crippen LogP contribution in [0.4, 0.5) is 5.69 Å². The molecule has 1 atom stereocenters. The Morgan fingerprint density at radius 3 is 2.75 bits per heavy atom. The summed E-state index contributed by atoms with van der Waals surface area (Å²) in [4.78, 5) is 21.3. The van der Waals surface area contributed by atoms with E-state index < -0.39 is 27.4 Å². The van der Waals surface area contributed by atoms with Crippen molar-refractivity contribution in [2.75, 3.05) is 18.6 Å². The minimum atomic E-state index is -1.32. The van der Waals surface area contributed by atoms with Crippen molar-refractivity contribution >= 4 is 22.5 Å². The molecule has 0 bridgehead atoms. The van der Waals surface area contributed by atoms with Gasteiger partial charge in [0.15, 0.2) is 0 Å². The van der Waals surface area contributed by atoms with Crippen molar-refractivity contribution < 1.29 is 19.0 Å². The van der Waals surface area contributed by atoms with Gasteiger partial charge in [-0.25, -0.2) is 4.79 Å². The minimum absolute atomic E-state index is 0.222. The summed E-state index contributed by atoms with van der Waals surface area (Å²) < 4.78 is 10.9. The molecule has 0 aliphatic heterocycles. The molecule has 0 aliphatic carbocycles. The quantitative estimate of drug-likeness (QED) is 0.423. The predicted octanol–water partition coefficient (Wildman–Crippen LogP) is 1.15. The first-order valence-electron chi connectivity index (χ1n) is 5.93. The van der Waals surface area contributed by atoms with Gasteiger partial charge in [-0.3, -0.25) is 14.3 Å². The van der Waals surface area contributed by atoms with Gasteiger partial charge in [-0.15, -0.1) is 0 Å². The SMILES string of the molecule is CS(=O)CCCNCc1cccc([N+](=O)[O-])c1C(=O)O. The van der Waals surface area contributed by atoms with Crippen LogP contribution in [0.1, 0.15) is 22.3 Å². The monoisotopic (exact) mass is 300 g/mol. The van der Waals surface area contributed by atoms with Crippen LogP contribution in [0.15, 0.2) is 18.2 Å². The second kappa shape index (κ2) is 7.71. The Labute approximate surface area is 118 Å². The maximum atomic E-state index is 11.2. The molecule has 0 heterocycles. The summed E-state index contributed by atoms with van der Waals surface area (Å²) in [6.45, 7) is 0.793. The van der Waals surface area contributed by atoms with E-state index >= 15 is 0 Å². The first-order valence-corrected chi connectivity index (χ1v) is 7.66. The van der Waals surface area contributed by atoms with Crippen LogP contribution in [-0.4, -0.2) is 38.8 Å². The van der Waals surface area contributed by atoms with E-state index in [0.717, 1.165) is 0 Å². The number of nitrogens with one attached hydrogen (secondary N) is 1. The summed E-state index contributed by atoms with van der Waals surface area (Å²) in [7, 11) is -0.859. The van der Waals surface area contributed by atoms with Crippen molar-refractivity contribution in [3.05, 3.63) is 39.4 Å². The largest absolute Gasteiger partial charge is 0.477 e. The molecule has 1 aromatic carbocycles. The van der Waals surface area contributed by atoms with Crippen molar-refractivity contribution in [2.24, 2.45) is 0 Å². The van der Waals surface area contributed by atoms with Gasteiger partial charge in [0.05, 0.1) is 4.92 Å². The molecule has 1 aromatic rings. The molecule has 1 rings (SSSR count). The van der Waals surface area contributed by atoms with E-state index in [1.807, 2.05) is 0 Å². The number of rotatable bonds is 8. The van der Waals surface area contributed by atoms with Crippen LogP contribution in [0.3, 0.4) is 0 Å². The summed E-state index contributed by atoms with van der Waals surface area (Å²) in [6, 6.07) is 4.18. The number of hydrogen-bond acceptors (Lipinski definition) is 5. The Hall–Kier alpha value is -1.80. The third-order valence-electron chi connectivity index (χ3n) is 2.64. The second-order valence-corrected chi connectivity index (χ2v) is 5.74. The Morgan fingerprint density at radius 1 is 1.50 bits per heavy atom. The molecule has 8 heteroatoms. The van der Waals surface area contributed by atoms with Gasteiger partial charge >= 0.3 is 5.97 Å². The maximum absolute atomic E-state index is 11.2. The molecule has 110 valence electrons. The van der Waals surface area contributed by atoms with Crippen LogP contribution < -0.4 is 5.32 Å². The van der Waals surface area contributed by atoms with Crippen LogP contribution in [0.25, 0.3) is 0 Å². The minimum Gasteiger partial charge on any atom is -0.477 e. The van der Waals surface area contributed by atoms with Crippen molar-refractivity contribution in [3.8, 4) is 0 Å². The first-order chi connectivity index (χ1) is 9.43. The number of nitro benzene ring substituents is 1. The number of aromatic carboxylic acids is 1. The summed E-state index contributed by atoms with van der Waals surface area (Å²) in [5, 5.41) is 22.9. The zero-order valence-corrected chi connectivity index (χ0v) is 11.8. The molecular weight excluding hydrogens is 284 g/mol. The molecule has 0 aromatic heterocycles. The van der Waals surface area contributed by atoms with Gasteiger partial charge in [0.25, 0.3) is 5.69 Å². The van der Waals surface area contributed by atoms with E-state index in [0.29, 0.717) is 24.3 Å². The molecule has 0 amide bonds. The standard InChI is InChI=1S/C12H16N2O5S/c1-20(19)7-3-6-13-8-9-4-2-5-10(14(17)18)11(9)12(15)16/h2,4-5,13H,3,6-8H2,1H3,(H,15,16). The number of carbonyl (C=O) groups is 1. The van der Waals surface area contributed by atoms with Gasteiger partial charge in [0, 0.05) is 35.4 Å². The highest BCUT2D eigenvalue weighted by molar-refractivity contribution is 7.84. The first kappa shape index (κ1) is 16.3. The number of benzene rings is 1. The lowest BCUT2D eigenvalue weighted by molar-refractivity contribution is -0.385. The summed E-state index contributed by atoms with van der Waals surface area (Å²) >= 11 is 0. The van der Waals surface area contributed by atoms with Gasteiger partial charge in [-0.05, 0) is 18.5 Å².